The van der Waals surface area contributed by atoms with E-state index in [9.17, 15) is 4.79 Å². The second kappa shape index (κ2) is 8.83. The van der Waals surface area contributed by atoms with Gasteiger partial charge in [0.1, 0.15) is 5.78 Å². The summed E-state index contributed by atoms with van der Waals surface area (Å²) in [6.45, 7) is 5.93. The zero-order chi connectivity index (χ0) is 14.1. The van der Waals surface area contributed by atoms with Crippen LogP contribution in [-0.4, -0.2) is 32.7 Å². The number of hydrogen-bond acceptors (Lipinski definition) is 3. The Morgan fingerprint density at radius 3 is 2.37 bits per heavy atom. The molecule has 0 saturated heterocycles. The van der Waals surface area contributed by atoms with Crippen LogP contribution in [0, 0.1) is 0 Å². The van der Waals surface area contributed by atoms with Crippen molar-refractivity contribution in [2.75, 3.05) is 26.9 Å². The molecular weight excluding hydrogens is 240 g/mol. The fourth-order valence-corrected chi connectivity index (χ4v) is 1.77. The van der Waals surface area contributed by atoms with Crippen LogP contribution in [0.15, 0.2) is 24.3 Å². The number of benzene rings is 1. The number of rotatable bonds is 9. The van der Waals surface area contributed by atoms with Crippen LogP contribution in [0.4, 0.5) is 0 Å². The molecule has 3 nitrogen and oxygen atoms in total. The lowest BCUT2D eigenvalue weighted by Crippen LogP contribution is -2.09. The molecule has 0 aliphatic heterocycles. The third-order valence-electron chi connectivity index (χ3n) is 3.00. The van der Waals surface area contributed by atoms with E-state index in [1.807, 2.05) is 12.1 Å². The first kappa shape index (κ1) is 15.9. The molecule has 0 amide bonds. The third kappa shape index (κ3) is 6.50. The van der Waals surface area contributed by atoms with Gasteiger partial charge in [-0.1, -0.05) is 38.1 Å². The molecule has 1 rings (SSSR count). The predicted octanol–water partition coefficient (Wildman–Crippen LogP) is 2.97. The van der Waals surface area contributed by atoms with Gasteiger partial charge < -0.3 is 9.47 Å². The Morgan fingerprint density at radius 1 is 1.11 bits per heavy atom. The highest BCUT2D eigenvalue weighted by Gasteiger charge is 2.05. The minimum atomic E-state index is 0.217. The second-order valence-electron chi connectivity index (χ2n) is 4.97. The fraction of sp³-hybridized carbons (Fsp3) is 0.562. The number of carbonyl (C=O) groups is 1. The normalized spacial score (nSPS) is 10.9. The Hall–Kier alpha value is -1.19. The number of hydrogen-bond donors (Lipinski definition) is 0. The van der Waals surface area contributed by atoms with Gasteiger partial charge >= 0.3 is 0 Å². The Balaban J connectivity index is 2.28. The molecule has 0 saturated carbocycles. The lowest BCUT2D eigenvalue weighted by atomic mass is 10.00. The Morgan fingerprint density at radius 2 is 1.79 bits per heavy atom. The smallest absolute Gasteiger partial charge is 0.139 e. The largest absolute Gasteiger partial charge is 0.382 e. The van der Waals surface area contributed by atoms with Crippen LogP contribution in [0.5, 0.6) is 0 Å². The number of ether oxygens (including phenoxy) is 2. The van der Waals surface area contributed by atoms with Crippen molar-refractivity contribution >= 4 is 5.78 Å². The summed E-state index contributed by atoms with van der Waals surface area (Å²) in [5.41, 5.74) is 2.38. The van der Waals surface area contributed by atoms with Crippen molar-refractivity contribution in [2.24, 2.45) is 0 Å². The first-order chi connectivity index (χ1) is 9.13. The summed E-state index contributed by atoms with van der Waals surface area (Å²) in [5.74, 6) is 0.744. The van der Waals surface area contributed by atoms with Crippen LogP contribution in [0.2, 0.25) is 0 Å². The molecule has 0 fully saturated rings. The minimum absolute atomic E-state index is 0.217. The summed E-state index contributed by atoms with van der Waals surface area (Å²) in [7, 11) is 1.63. The first-order valence-electron chi connectivity index (χ1n) is 6.80. The maximum Gasteiger partial charge on any atom is 0.139 e. The predicted molar refractivity (Wildman–Crippen MR) is 76.6 cm³/mol. The van der Waals surface area contributed by atoms with Gasteiger partial charge in [0, 0.05) is 20.0 Å². The summed E-state index contributed by atoms with van der Waals surface area (Å²) < 4.78 is 10.2. The van der Waals surface area contributed by atoms with E-state index in [4.69, 9.17) is 9.47 Å². The molecule has 0 heterocycles. The molecule has 0 bridgehead atoms. The van der Waals surface area contributed by atoms with Gasteiger partial charge in [0.05, 0.1) is 19.8 Å². The highest BCUT2D eigenvalue weighted by molar-refractivity contribution is 5.80. The SMILES string of the molecule is COCCOCCC(=O)Cc1ccc(C(C)C)cc1. The van der Waals surface area contributed by atoms with Gasteiger partial charge in [-0.2, -0.15) is 0 Å². The van der Waals surface area contributed by atoms with Crippen LogP contribution >= 0.6 is 0 Å². The van der Waals surface area contributed by atoms with Gasteiger partial charge in [0.15, 0.2) is 0 Å². The van der Waals surface area contributed by atoms with Crippen molar-refractivity contribution in [3.8, 4) is 0 Å². The summed E-state index contributed by atoms with van der Waals surface area (Å²) in [6, 6.07) is 8.28. The maximum absolute atomic E-state index is 11.8. The highest BCUT2D eigenvalue weighted by Crippen LogP contribution is 2.15. The zero-order valence-corrected chi connectivity index (χ0v) is 12.1. The average Bonchev–Trinajstić information content (AvgIpc) is 2.39. The van der Waals surface area contributed by atoms with Crippen LogP contribution in [0.1, 0.15) is 37.3 Å². The molecule has 106 valence electrons. The molecule has 0 spiro atoms. The van der Waals surface area contributed by atoms with Gasteiger partial charge in [-0.25, -0.2) is 0 Å². The van der Waals surface area contributed by atoms with Gasteiger partial charge in [0.2, 0.25) is 0 Å². The van der Waals surface area contributed by atoms with Crippen LogP contribution < -0.4 is 0 Å². The monoisotopic (exact) mass is 264 g/mol. The van der Waals surface area contributed by atoms with Crippen LogP contribution in [0.3, 0.4) is 0 Å². The van der Waals surface area contributed by atoms with E-state index in [2.05, 4.69) is 26.0 Å². The van der Waals surface area contributed by atoms with E-state index in [0.29, 0.717) is 38.6 Å². The van der Waals surface area contributed by atoms with E-state index in [0.717, 1.165) is 5.56 Å². The van der Waals surface area contributed by atoms with E-state index < -0.39 is 0 Å². The Bertz CT molecular complexity index is 368. The second-order valence-corrected chi connectivity index (χ2v) is 4.97. The van der Waals surface area contributed by atoms with Crippen LogP contribution in [-0.2, 0) is 20.7 Å². The number of methoxy groups -OCH3 is 1. The Kier molecular flexibility index (Phi) is 7.38. The standard InChI is InChI=1S/C16H24O3/c1-13(2)15-6-4-14(5-7-15)12-16(17)8-9-19-11-10-18-3/h4-7,13H,8-12H2,1-3H3. The molecule has 0 aliphatic carbocycles. The van der Waals surface area contributed by atoms with E-state index in [-0.39, 0.29) is 5.78 Å². The molecule has 1 aromatic rings. The van der Waals surface area contributed by atoms with Gasteiger partial charge in [-0.05, 0) is 17.0 Å². The summed E-state index contributed by atoms with van der Waals surface area (Å²) in [5, 5.41) is 0. The summed E-state index contributed by atoms with van der Waals surface area (Å²) in [4.78, 5) is 11.8. The lowest BCUT2D eigenvalue weighted by Gasteiger charge is -2.07. The first-order valence-corrected chi connectivity index (χ1v) is 6.80. The van der Waals surface area contributed by atoms with Crippen LogP contribution in [0.25, 0.3) is 0 Å². The lowest BCUT2D eigenvalue weighted by molar-refractivity contribution is -0.119. The summed E-state index contributed by atoms with van der Waals surface area (Å²) >= 11 is 0. The van der Waals surface area contributed by atoms with Crippen molar-refractivity contribution in [2.45, 2.75) is 32.6 Å². The highest BCUT2D eigenvalue weighted by atomic mass is 16.5. The number of Topliss-reactive ketones (excluding diaryl/α,β-unsaturated/α-hetero) is 1. The molecule has 0 aromatic heterocycles. The quantitative estimate of drug-likeness (QED) is 0.643. The molecule has 0 aliphatic rings. The molecule has 19 heavy (non-hydrogen) atoms. The Labute approximate surface area is 115 Å². The van der Waals surface area contributed by atoms with Gasteiger partial charge in [-0.3, -0.25) is 4.79 Å². The maximum atomic E-state index is 11.8. The zero-order valence-electron chi connectivity index (χ0n) is 12.1. The van der Waals surface area contributed by atoms with Gasteiger partial charge in [-0.15, -0.1) is 0 Å². The topological polar surface area (TPSA) is 35.5 Å². The van der Waals surface area contributed by atoms with Crippen molar-refractivity contribution in [1.82, 2.24) is 0 Å². The minimum Gasteiger partial charge on any atom is -0.382 e. The molecule has 0 radical (unpaired) electrons. The third-order valence-corrected chi connectivity index (χ3v) is 3.00. The molecule has 0 N–H and O–H groups in total. The van der Waals surface area contributed by atoms with E-state index >= 15 is 0 Å². The number of carbonyl (C=O) groups excluding carboxylic acids is 1. The van der Waals surface area contributed by atoms with E-state index in [1.54, 1.807) is 7.11 Å². The summed E-state index contributed by atoms with van der Waals surface area (Å²) in [6.07, 6.45) is 0.960. The molecule has 0 unspecified atom stereocenters. The van der Waals surface area contributed by atoms with Crippen molar-refractivity contribution in [1.29, 1.82) is 0 Å². The number of ketones is 1. The van der Waals surface area contributed by atoms with Crippen molar-refractivity contribution in [3.63, 3.8) is 0 Å². The van der Waals surface area contributed by atoms with Crippen molar-refractivity contribution in [3.05, 3.63) is 35.4 Å². The van der Waals surface area contributed by atoms with Gasteiger partial charge in [0.25, 0.3) is 0 Å². The molecule has 3 heteroatoms. The average molecular weight is 264 g/mol. The fourth-order valence-electron chi connectivity index (χ4n) is 1.77. The van der Waals surface area contributed by atoms with E-state index in [1.165, 1.54) is 5.56 Å². The molecule has 1 aromatic carbocycles. The molecule has 0 atom stereocenters. The molecular formula is C16H24O3. The van der Waals surface area contributed by atoms with Crippen molar-refractivity contribution < 1.29 is 14.3 Å².